The molecule has 2 aromatic rings. The summed E-state index contributed by atoms with van der Waals surface area (Å²) in [4.78, 5) is 14.3. The van der Waals surface area contributed by atoms with E-state index in [9.17, 15) is 9.18 Å². The monoisotopic (exact) mass is 313 g/mol. The van der Waals surface area contributed by atoms with Crippen molar-refractivity contribution < 1.29 is 13.9 Å². The van der Waals surface area contributed by atoms with Gasteiger partial charge in [0.1, 0.15) is 11.6 Å². The third kappa shape index (κ3) is 4.09. The van der Waals surface area contributed by atoms with Crippen molar-refractivity contribution in [3.8, 4) is 5.75 Å². The molecule has 23 heavy (non-hydrogen) atoms. The quantitative estimate of drug-likeness (QED) is 0.860. The maximum Gasteiger partial charge on any atom is 0.253 e. The number of halogens is 1. The predicted octanol–water partition coefficient (Wildman–Crippen LogP) is 3.76. The molecule has 0 aliphatic carbocycles. The number of para-hydroxylation sites is 1. The maximum atomic E-state index is 13.3. The van der Waals surface area contributed by atoms with E-state index in [1.54, 1.807) is 17.0 Å². The number of ether oxygens (including phenoxy) is 1. The highest BCUT2D eigenvalue weighted by Crippen LogP contribution is 2.20. The minimum Gasteiger partial charge on any atom is -0.493 e. The summed E-state index contributed by atoms with van der Waals surface area (Å²) >= 11 is 0. The molecule has 1 saturated heterocycles. The lowest BCUT2D eigenvalue weighted by Gasteiger charge is -2.32. The van der Waals surface area contributed by atoms with Crippen molar-refractivity contribution in [2.24, 2.45) is 5.92 Å². The van der Waals surface area contributed by atoms with E-state index in [0.717, 1.165) is 25.1 Å². The molecule has 1 atom stereocenters. The van der Waals surface area contributed by atoms with Gasteiger partial charge in [0, 0.05) is 24.6 Å². The molecule has 0 spiro atoms. The number of carbonyl (C=O) groups excluding carboxylic acids is 1. The molecule has 120 valence electrons. The molecule has 3 rings (SSSR count). The van der Waals surface area contributed by atoms with E-state index in [0.29, 0.717) is 24.6 Å². The van der Waals surface area contributed by atoms with Crippen molar-refractivity contribution in [2.45, 2.75) is 12.8 Å². The van der Waals surface area contributed by atoms with E-state index in [4.69, 9.17) is 4.74 Å². The van der Waals surface area contributed by atoms with E-state index < -0.39 is 0 Å². The zero-order chi connectivity index (χ0) is 16.1. The van der Waals surface area contributed by atoms with Crippen molar-refractivity contribution in [3.05, 3.63) is 66.0 Å². The van der Waals surface area contributed by atoms with Gasteiger partial charge in [-0.05, 0) is 43.2 Å². The lowest BCUT2D eigenvalue weighted by molar-refractivity contribution is 0.0633. The molecule has 1 heterocycles. The van der Waals surface area contributed by atoms with Crippen LogP contribution in [-0.4, -0.2) is 30.5 Å². The molecule has 1 aliphatic heterocycles. The van der Waals surface area contributed by atoms with Gasteiger partial charge in [0.15, 0.2) is 0 Å². The van der Waals surface area contributed by atoms with Crippen molar-refractivity contribution in [3.63, 3.8) is 0 Å². The Kier molecular flexibility index (Phi) is 4.91. The fraction of sp³-hybridized carbons (Fsp3) is 0.316. The number of nitrogens with zero attached hydrogens (tertiary/aromatic N) is 1. The summed E-state index contributed by atoms with van der Waals surface area (Å²) in [5.74, 6) is 0.674. The summed E-state index contributed by atoms with van der Waals surface area (Å²) in [6, 6.07) is 15.6. The van der Waals surface area contributed by atoms with Gasteiger partial charge >= 0.3 is 0 Å². The zero-order valence-electron chi connectivity index (χ0n) is 13.0. The van der Waals surface area contributed by atoms with Gasteiger partial charge in [0.2, 0.25) is 0 Å². The molecule has 0 aromatic heterocycles. The van der Waals surface area contributed by atoms with Crippen LogP contribution in [0.3, 0.4) is 0 Å². The van der Waals surface area contributed by atoms with Gasteiger partial charge in [-0.25, -0.2) is 4.39 Å². The number of benzene rings is 2. The van der Waals surface area contributed by atoms with Gasteiger partial charge in [0.25, 0.3) is 5.91 Å². The molecular weight excluding hydrogens is 293 g/mol. The molecule has 1 amide bonds. The highest BCUT2D eigenvalue weighted by molar-refractivity contribution is 5.94. The van der Waals surface area contributed by atoms with Gasteiger partial charge in [-0.2, -0.15) is 0 Å². The second-order valence-corrected chi connectivity index (χ2v) is 5.89. The van der Waals surface area contributed by atoms with Crippen molar-refractivity contribution in [2.75, 3.05) is 19.7 Å². The molecule has 3 nitrogen and oxygen atoms in total. The van der Waals surface area contributed by atoms with E-state index in [2.05, 4.69) is 0 Å². The number of piperidine rings is 1. The second-order valence-electron chi connectivity index (χ2n) is 5.89. The van der Waals surface area contributed by atoms with Gasteiger partial charge in [-0.3, -0.25) is 4.79 Å². The highest BCUT2D eigenvalue weighted by atomic mass is 19.1. The normalized spacial score (nSPS) is 17.8. The van der Waals surface area contributed by atoms with E-state index in [1.165, 1.54) is 12.1 Å². The molecule has 0 N–H and O–H groups in total. The Labute approximate surface area is 135 Å². The standard InChI is InChI=1S/C19H20FNO2/c20-17-8-4-7-16(12-17)19(22)21-11-5-6-15(13-21)14-23-18-9-2-1-3-10-18/h1-4,7-10,12,15H,5-6,11,13-14H2. The van der Waals surface area contributed by atoms with Gasteiger partial charge in [-0.15, -0.1) is 0 Å². The molecule has 1 unspecified atom stereocenters. The number of hydrogen-bond donors (Lipinski definition) is 0. The number of amides is 1. The first-order valence-corrected chi connectivity index (χ1v) is 7.95. The minimum absolute atomic E-state index is 0.103. The predicted molar refractivity (Wildman–Crippen MR) is 87.0 cm³/mol. The van der Waals surface area contributed by atoms with Gasteiger partial charge in [-0.1, -0.05) is 24.3 Å². The molecule has 4 heteroatoms. The average molecular weight is 313 g/mol. The fourth-order valence-corrected chi connectivity index (χ4v) is 2.92. The third-order valence-corrected chi connectivity index (χ3v) is 4.11. The van der Waals surface area contributed by atoms with Crippen LogP contribution in [0, 0.1) is 11.7 Å². The Bertz CT molecular complexity index is 659. The molecule has 0 bridgehead atoms. The van der Waals surface area contributed by atoms with Crippen LogP contribution in [0.15, 0.2) is 54.6 Å². The first-order chi connectivity index (χ1) is 11.2. The van der Waals surface area contributed by atoms with Crippen LogP contribution >= 0.6 is 0 Å². The van der Waals surface area contributed by atoms with E-state index in [-0.39, 0.29) is 11.7 Å². The van der Waals surface area contributed by atoms with Gasteiger partial charge < -0.3 is 9.64 Å². The molecule has 1 aliphatic rings. The summed E-state index contributed by atoms with van der Waals surface area (Å²) < 4.78 is 19.1. The number of carbonyl (C=O) groups is 1. The van der Waals surface area contributed by atoms with E-state index >= 15 is 0 Å². The summed E-state index contributed by atoms with van der Waals surface area (Å²) in [5.41, 5.74) is 0.412. The Morgan fingerprint density at radius 3 is 2.78 bits per heavy atom. The smallest absolute Gasteiger partial charge is 0.253 e. The lowest BCUT2D eigenvalue weighted by Crippen LogP contribution is -2.41. The summed E-state index contributed by atoms with van der Waals surface area (Å²) in [6.07, 6.45) is 1.99. The minimum atomic E-state index is -0.378. The second kappa shape index (κ2) is 7.27. The Morgan fingerprint density at radius 1 is 1.17 bits per heavy atom. The molecule has 0 radical (unpaired) electrons. The Balaban J connectivity index is 1.58. The maximum absolute atomic E-state index is 13.3. The largest absolute Gasteiger partial charge is 0.493 e. The van der Waals surface area contributed by atoms with Crippen LogP contribution in [0.25, 0.3) is 0 Å². The first-order valence-electron chi connectivity index (χ1n) is 7.95. The number of likely N-dealkylation sites (tertiary alicyclic amines) is 1. The first kappa shape index (κ1) is 15.5. The van der Waals surface area contributed by atoms with Crippen molar-refractivity contribution in [1.82, 2.24) is 4.90 Å². The molecule has 1 fully saturated rings. The zero-order valence-corrected chi connectivity index (χ0v) is 13.0. The Hall–Kier alpha value is -2.36. The molecular formula is C19H20FNO2. The van der Waals surface area contributed by atoms with Crippen LogP contribution in [0.4, 0.5) is 4.39 Å². The topological polar surface area (TPSA) is 29.5 Å². The fourth-order valence-electron chi connectivity index (χ4n) is 2.92. The summed E-state index contributed by atoms with van der Waals surface area (Å²) in [7, 11) is 0. The number of hydrogen-bond acceptors (Lipinski definition) is 2. The van der Waals surface area contributed by atoms with Crippen LogP contribution in [-0.2, 0) is 0 Å². The van der Waals surface area contributed by atoms with E-state index in [1.807, 2.05) is 30.3 Å². The number of rotatable bonds is 4. The lowest BCUT2D eigenvalue weighted by atomic mass is 9.98. The third-order valence-electron chi connectivity index (χ3n) is 4.11. The van der Waals surface area contributed by atoms with Crippen LogP contribution in [0.2, 0.25) is 0 Å². The van der Waals surface area contributed by atoms with Crippen molar-refractivity contribution in [1.29, 1.82) is 0 Å². The SMILES string of the molecule is O=C(c1cccc(F)c1)N1CCCC(COc2ccccc2)C1. The van der Waals surface area contributed by atoms with Gasteiger partial charge in [0.05, 0.1) is 6.61 Å². The average Bonchev–Trinajstić information content (AvgIpc) is 2.60. The van der Waals surface area contributed by atoms with Crippen LogP contribution in [0.1, 0.15) is 23.2 Å². The van der Waals surface area contributed by atoms with Crippen LogP contribution < -0.4 is 4.74 Å². The molecule has 0 saturated carbocycles. The summed E-state index contributed by atoms with van der Waals surface area (Å²) in [5, 5.41) is 0. The molecule has 2 aromatic carbocycles. The highest BCUT2D eigenvalue weighted by Gasteiger charge is 2.25. The Morgan fingerprint density at radius 2 is 2.00 bits per heavy atom. The van der Waals surface area contributed by atoms with Crippen molar-refractivity contribution >= 4 is 5.91 Å². The summed E-state index contributed by atoms with van der Waals surface area (Å²) in [6.45, 7) is 1.97. The van der Waals surface area contributed by atoms with Crippen LogP contribution in [0.5, 0.6) is 5.75 Å².